The highest BCUT2D eigenvalue weighted by molar-refractivity contribution is 6.33. The Labute approximate surface area is 142 Å². The molecule has 1 aromatic rings. The molecular formula is C15H24BN3O5. The lowest BCUT2D eigenvalue weighted by Crippen LogP contribution is -2.55. The van der Waals surface area contributed by atoms with E-state index in [1.165, 1.54) is 6.20 Å². The second-order valence-corrected chi connectivity index (χ2v) is 6.76. The highest BCUT2D eigenvalue weighted by Gasteiger charge is 2.31. The van der Waals surface area contributed by atoms with Gasteiger partial charge in [-0.3, -0.25) is 0 Å². The van der Waals surface area contributed by atoms with Gasteiger partial charge < -0.3 is 29.2 Å². The van der Waals surface area contributed by atoms with Crippen molar-refractivity contribution in [3.05, 3.63) is 18.3 Å². The van der Waals surface area contributed by atoms with Gasteiger partial charge in [-0.05, 0) is 33.8 Å². The average molecular weight is 337 g/mol. The number of carbonyl (C=O) groups excluding carboxylic acids is 1. The van der Waals surface area contributed by atoms with E-state index < -0.39 is 12.9 Å². The molecule has 0 spiro atoms. The van der Waals surface area contributed by atoms with Gasteiger partial charge >= 0.3 is 13.4 Å². The fraction of sp³-hybridized carbons (Fsp3) is 0.600. The Balaban J connectivity index is 2.01. The smallest absolute Gasteiger partial charge is 0.512 e. The molecule has 8 nitrogen and oxygen atoms in total. The minimum atomic E-state index is -1.87. The molecule has 1 aliphatic heterocycles. The first-order chi connectivity index (χ1) is 11.2. The van der Waals surface area contributed by atoms with Gasteiger partial charge in [-0.2, -0.15) is 0 Å². The van der Waals surface area contributed by atoms with E-state index in [2.05, 4.69) is 4.98 Å². The summed E-state index contributed by atoms with van der Waals surface area (Å²) in [4.78, 5) is 20.2. The minimum absolute atomic E-state index is 0.0385. The maximum Gasteiger partial charge on any atom is 0.707 e. The van der Waals surface area contributed by atoms with Gasteiger partial charge in [0.2, 0.25) is 0 Å². The lowest BCUT2D eigenvalue weighted by molar-refractivity contribution is 0.0158. The minimum Gasteiger partial charge on any atom is -0.512 e. The molecule has 1 aromatic heterocycles. The Morgan fingerprint density at radius 1 is 1.38 bits per heavy atom. The van der Waals surface area contributed by atoms with Crippen LogP contribution in [0.4, 0.5) is 10.6 Å². The van der Waals surface area contributed by atoms with Crippen molar-refractivity contribution < 1.29 is 24.2 Å². The number of anilines is 1. The van der Waals surface area contributed by atoms with Gasteiger partial charge in [-0.1, -0.05) is 0 Å². The summed E-state index contributed by atoms with van der Waals surface area (Å²) >= 11 is 0. The third-order valence-corrected chi connectivity index (χ3v) is 3.54. The maximum atomic E-state index is 12.2. The third-order valence-electron chi connectivity index (χ3n) is 3.54. The molecule has 9 heteroatoms. The Bertz CT molecular complexity index is 578. The summed E-state index contributed by atoms with van der Waals surface area (Å²) in [6.07, 6.45) is 1.22. The van der Waals surface area contributed by atoms with Crippen LogP contribution in [0.25, 0.3) is 0 Å². The van der Waals surface area contributed by atoms with Crippen molar-refractivity contribution in [3.63, 3.8) is 0 Å². The molecule has 132 valence electrons. The number of carbonyl (C=O) groups is 1. The quantitative estimate of drug-likeness (QED) is 0.791. The SMILES string of the molecule is C[C@H]1CN(c2cc(OB(O)O)ccn2)CCN1C(=O)OC(C)(C)C. The molecular weight excluding hydrogens is 313 g/mol. The number of piperazine rings is 1. The molecule has 0 aromatic carbocycles. The van der Waals surface area contributed by atoms with Crippen molar-refractivity contribution in [3.8, 4) is 5.75 Å². The lowest BCUT2D eigenvalue weighted by atomic mass is 10.2. The Hall–Kier alpha value is -2.00. The van der Waals surface area contributed by atoms with Crippen LogP contribution in [0, 0.1) is 0 Å². The Kier molecular flexibility index (Phi) is 5.56. The highest BCUT2D eigenvalue weighted by atomic mass is 16.6. The molecule has 2 rings (SSSR count). The zero-order valence-corrected chi connectivity index (χ0v) is 14.5. The number of amides is 1. The molecule has 1 amide bonds. The molecule has 1 atom stereocenters. The van der Waals surface area contributed by atoms with Crippen LogP contribution in [0.3, 0.4) is 0 Å². The molecule has 1 fully saturated rings. The zero-order valence-electron chi connectivity index (χ0n) is 14.5. The van der Waals surface area contributed by atoms with Crippen LogP contribution in [-0.4, -0.2) is 64.6 Å². The molecule has 1 aliphatic rings. The van der Waals surface area contributed by atoms with Gasteiger partial charge in [0.25, 0.3) is 0 Å². The third kappa shape index (κ3) is 5.00. The number of hydrogen-bond donors (Lipinski definition) is 2. The average Bonchev–Trinajstić information content (AvgIpc) is 2.44. The fourth-order valence-electron chi connectivity index (χ4n) is 2.53. The number of nitrogens with zero attached hydrogens (tertiary/aromatic N) is 3. The first kappa shape index (κ1) is 18.3. The predicted molar refractivity (Wildman–Crippen MR) is 89.7 cm³/mol. The van der Waals surface area contributed by atoms with Gasteiger partial charge in [0.05, 0.1) is 0 Å². The molecule has 0 saturated carbocycles. The molecule has 0 bridgehead atoms. The molecule has 24 heavy (non-hydrogen) atoms. The van der Waals surface area contributed by atoms with E-state index in [1.807, 2.05) is 32.6 Å². The van der Waals surface area contributed by atoms with Gasteiger partial charge in [0.15, 0.2) is 0 Å². The largest absolute Gasteiger partial charge is 0.707 e. The molecule has 0 aliphatic carbocycles. The molecule has 2 N–H and O–H groups in total. The Morgan fingerprint density at radius 3 is 2.67 bits per heavy atom. The van der Waals surface area contributed by atoms with Crippen LogP contribution in [-0.2, 0) is 4.74 Å². The van der Waals surface area contributed by atoms with Crippen LogP contribution in [0.15, 0.2) is 18.3 Å². The molecule has 0 unspecified atom stereocenters. The summed E-state index contributed by atoms with van der Waals surface area (Å²) < 4.78 is 10.3. The van der Waals surface area contributed by atoms with E-state index in [1.54, 1.807) is 17.0 Å². The number of hydrogen-bond acceptors (Lipinski definition) is 7. The van der Waals surface area contributed by atoms with Gasteiger partial charge in [-0.15, -0.1) is 0 Å². The lowest BCUT2D eigenvalue weighted by Gasteiger charge is -2.40. The van der Waals surface area contributed by atoms with E-state index in [0.717, 1.165) is 0 Å². The molecule has 0 radical (unpaired) electrons. The van der Waals surface area contributed by atoms with Crippen molar-refractivity contribution in [2.24, 2.45) is 0 Å². The standard InChI is InChI=1S/C15H24BN3O5/c1-11-10-18(7-8-19(11)14(20)23-15(2,3)4)13-9-12(5-6-17-13)24-16(21)22/h5-6,9,11,21-22H,7-8,10H2,1-4H3/t11-/m0/s1. The van der Waals surface area contributed by atoms with Crippen molar-refractivity contribution in [1.82, 2.24) is 9.88 Å². The van der Waals surface area contributed by atoms with Crippen LogP contribution in [0.1, 0.15) is 27.7 Å². The van der Waals surface area contributed by atoms with E-state index in [0.29, 0.717) is 31.2 Å². The maximum absolute atomic E-state index is 12.2. The summed E-state index contributed by atoms with van der Waals surface area (Å²) in [5.74, 6) is 0.973. The topological polar surface area (TPSA) is 95.4 Å². The summed E-state index contributed by atoms with van der Waals surface area (Å²) in [5.41, 5.74) is -0.522. The zero-order chi connectivity index (χ0) is 17.9. The monoisotopic (exact) mass is 337 g/mol. The summed E-state index contributed by atoms with van der Waals surface area (Å²) in [5, 5.41) is 17.8. The van der Waals surface area contributed by atoms with E-state index >= 15 is 0 Å². The number of rotatable bonds is 3. The highest BCUT2D eigenvalue weighted by Crippen LogP contribution is 2.22. The summed E-state index contributed by atoms with van der Waals surface area (Å²) in [7, 11) is -1.87. The number of pyridine rings is 1. The van der Waals surface area contributed by atoms with Crippen LogP contribution in [0.5, 0.6) is 5.75 Å². The van der Waals surface area contributed by atoms with Crippen molar-refractivity contribution in [1.29, 1.82) is 0 Å². The number of aromatic nitrogens is 1. The second kappa shape index (κ2) is 7.27. The van der Waals surface area contributed by atoms with E-state index in [4.69, 9.17) is 19.4 Å². The Morgan fingerprint density at radius 2 is 2.08 bits per heavy atom. The summed E-state index contributed by atoms with van der Waals surface area (Å²) in [6.45, 7) is 9.20. The normalized spacial score (nSPS) is 18.3. The first-order valence-corrected chi connectivity index (χ1v) is 7.89. The van der Waals surface area contributed by atoms with Crippen molar-refractivity contribution >= 4 is 19.2 Å². The van der Waals surface area contributed by atoms with Crippen LogP contribution >= 0.6 is 0 Å². The van der Waals surface area contributed by atoms with E-state index in [9.17, 15) is 4.79 Å². The fourth-order valence-corrected chi connectivity index (χ4v) is 2.53. The van der Waals surface area contributed by atoms with E-state index in [-0.39, 0.29) is 12.1 Å². The first-order valence-electron chi connectivity index (χ1n) is 7.89. The molecule has 2 heterocycles. The van der Waals surface area contributed by atoms with Crippen LogP contribution < -0.4 is 9.55 Å². The second-order valence-electron chi connectivity index (χ2n) is 6.76. The van der Waals surface area contributed by atoms with Crippen molar-refractivity contribution in [2.45, 2.75) is 39.3 Å². The predicted octanol–water partition coefficient (Wildman–Crippen LogP) is 0.875. The number of ether oxygens (including phenoxy) is 1. The van der Waals surface area contributed by atoms with Gasteiger partial charge in [0, 0.05) is 37.9 Å². The van der Waals surface area contributed by atoms with Gasteiger partial charge in [-0.25, -0.2) is 9.78 Å². The molecule has 1 saturated heterocycles. The summed E-state index contributed by atoms with van der Waals surface area (Å²) in [6, 6.07) is 3.14. The van der Waals surface area contributed by atoms with Crippen LogP contribution in [0.2, 0.25) is 0 Å². The van der Waals surface area contributed by atoms with Gasteiger partial charge in [0.1, 0.15) is 17.2 Å². The van der Waals surface area contributed by atoms with Crippen molar-refractivity contribution in [2.75, 3.05) is 24.5 Å².